The first-order valence-corrected chi connectivity index (χ1v) is 8.77. The summed E-state index contributed by atoms with van der Waals surface area (Å²) in [6.45, 7) is 14.2. The van der Waals surface area contributed by atoms with Crippen LogP contribution in [-0.2, 0) is 0 Å². The molecule has 1 saturated heterocycles. The third-order valence-corrected chi connectivity index (χ3v) is 6.50. The Morgan fingerprint density at radius 3 is 2.20 bits per heavy atom. The second-order valence-electron chi connectivity index (χ2n) is 8.62. The van der Waals surface area contributed by atoms with Crippen LogP contribution >= 0.6 is 0 Å². The van der Waals surface area contributed by atoms with Crippen molar-refractivity contribution in [2.24, 2.45) is 23.0 Å². The lowest BCUT2D eigenvalue weighted by molar-refractivity contribution is -0.0350. The van der Waals surface area contributed by atoms with E-state index in [0.29, 0.717) is 17.0 Å². The molecule has 2 fully saturated rings. The molecule has 0 radical (unpaired) electrons. The molecule has 2 heteroatoms. The second-order valence-corrected chi connectivity index (χ2v) is 8.62. The maximum absolute atomic E-state index is 6.29. The van der Waals surface area contributed by atoms with Gasteiger partial charge in [-0.05, 0) is 69.2 Å². The Bertz CT molecular complexity index is 310. The van der Waals surface area contributed by atoms with E-state index in [1.165, 1.54) is 45.1 Å². The first-order valence-electron chi connectivity index (χ1n) is 8.77. The fraction of sp³-hybridized carbons (Fsp3) is 1.00. The highest BCUT2D eigenvalue weighted by molar-refractivity contribution is 5.00. The van der Waals surface area contributed by atoms with Crippen molar-refractivity contribution < 1.29 is 0 Å². The van der Waals surface area contributed by atoms with E-state index in [9.17, 15) is 0 Å². The highest BCUT2D eigenvalue weighted by Gasteiger charge is 2.44. The van der Waals surface area contributed by atoms with Crippen molar-refractivity contribution in [3.05, 3.63) is 0 Å². The van der Waals surface area contributed by atoms with Crippen molar-refractivity contribution in [3.63, 3.8) is 0 Å². The standard InChI is InChI=1S/C18H36N2/c1-14-7-6-12-20(15(14)2)18(13-19)10-8-16(9-11-18)17(3,4)5/h14-16H,6-13,19H2,1-5H3. The van der Waals surface area contributed by atoms with Gasteiger partial charge in [0.15, 0.2) is 0 Å². The van der Waals surface area contributed by atoms with Crippen molar-refractivity contribution in [1.82, 2.24) is 4.90 Å². The molecule has 1 aliphatic carbocycles. The zero-order chi connectivity index (χ0) is 15.0. The molecule has 0 bridgehead atoms. The van der Waals surface area contributed by atoms with Crippen LogP contribution in [0.25, 0.3) is 0 Å². The van der Waals surface area contributed by atoms with E-state index < -0.39 is 0 Å². The molecule has 0 aromatic carbocycles. The van der Waals surface area contributed by atoms with Gasteiger partial charge in [0.1, 0.15) is 0 Å². The van der Waals surface area contributed by atoms with Crippen LogP contribution in [0, 0.1) is 17.3 Å². The van der Waals surface area contributed by atoms with Gasteiger partial charge in [0.25, 0.3) is 0 Å². The Morgan fingerprint density at radius 1 is 1.10 bits per heavy atom. The number of rotatable bonds is 2. The molecule has 2 unspecified atom stereocenters. The van der Waals surface area contributed by atoms with Crippen molar-refractivity contribution >= 4 is 0 Å². The lowest BCUT2D eigenvalue weighted by Crippen LogP contribution is -2.61. The number of hydrogen-bond donors (Lipinski definition) is 1. The lowest BCUT2D eigenvalue weighted by Gasteiger charge is -2.54. The van der Waals surface area contributed by atoms with Crippen LogP contribution in [0.4, 0.5) is 0 Å². The van der Waals surface area contributed by atoms with Gasteiger partial charge in [-0.1, -0.05) is 27.7 Å². The monoisotopic (exact) mass is 280 g/mol. The van der Waals surface area contributed by atoms with E-state index in [1.807, 2.05) is 0 Å². The van der Waals surface area contributed by atoms with Gasteiger partial charge in [0.2, 0.25) is 0 Å². The molecule has 0 amide bonds. The molecule has 1 aliphatic heterocycles. The topological polar surface area (TPSA) is 29.3 Å². The van der Waals surface area contributed by atoms with E-state index in [4.69, 9.17) is 5.73 Å². The van der Waals surface area contributed by atoms with Crippen LogP contribution in [0.1, 0.15) is 73.1 Å². The van der Waals surface area contributed by atoms with Crippen molar-refractivity contribution in [2.75, 3.05) is 13.1 Å². The van der Waals surface area contributed by atoms with Crippen LogP contribution < -0.4 is 5.73 Å². The minimum absolute atomic E-state index is 0.301. The maximum Gasteiger partial charge on any atom is 0.0334 e. The minimum Gasteiger partial charge on any atom is -0.329 e. The summed E-state index contributed by atoms with van der Waals surface area (Å²) in [5, 5.41) is 0. The Kier molecular flexibility index (Phi) is 4.86. The zero-order valence-electron chi connectivity index (χ0n) is 14.4. The molecule has 118 valence electrons. The van der Waals surface area contributed by atoms with Crippen LogP contribution in [-0.4, -0.2) is 29.6 Å². The van der Waals surface area contributed by atoms with Crippen LogP contribution in [0.3, 0.4) is 0 Å². The SMILES string of the molecule is CC1CCCN(C2(CN)CCC(C(C)(C)C)CC2)C1C. The predicted molar refractivity (Wildman–Crippen MR) is 87.8 cm³/mol. The van der Waals surface area contributed by atoms with Gasteiger partial charge >= 0.3 is 0 Å². The predicted octanol–water partition coefficient (Wildman–Crippen LogP) is 4.04. The number of likely N-dealkylation sites (tertiary alicyclic amines) is 1. The molecule has 0 spiro atoms. The summed E-state index contributed by atoms with van der Waals surface area (Å²) in [6.07, 6.45) is 8.08. The van der Waals surface area contributed by atoms with E-state index in [-0.39, 0.29) is 0 Å². The summed E-state index contributed by atoms with van der Waals surface area (Å²) >= 11 is 0. The smallest absolute Gasteiger partial charge is 0.0334 e. The number of nitrogens with zero attached hydrogens (tertiary/aromatic N) is 1. The van der Waals surface area contributed by atoms with Gasteiger partial charge in [-0.3, -0.25) is 4.90 Å². The fourth-order valence-electron chi connectivity index (χ4n) is 4.63. The van der Waals surface area contributed by atoms with Crippen LogP contribution in [0.5, 0.6) is 0 Å². The first kappa shape index (κ1) is 16.3. The summed E-state index contributed by atoms with van der Waals surface area (Å²) in [7, 11) is 0. The molecule has 2 N–H and O–H groups in total. The molecule has 1 heterocycles. The van der Waals surface area contributed by atoms with Gasteiger partial charge in [0, 0.05) is 18.1 Å². The third kappa shape index (κ3) is 3.06. The normalized spacial score (nSPS) is 40.8. The van der Waals surface area contributed by atoms with Gasteiger partial charge in [-0.25, -0.2) is 0 Å². The van der Waals surface area contributed by atoms with Crippen molar-refractivity contribution in [3.8, 4) is 0 Å². The summed E-state index contributed by atoms with van der Waals surface area (Å²) in [4.78, 5) is 2.79. The molecule has 0 aromatic heterocycles. The maximum atomic E-state index is 6.29. The quantitative estimate of drug-likeness (QED) is 0.827. The first-order chi connectivity index (χ1) is 9.30. The Labute approximate surface area is 126 Å². The van der Waals surface area contributed by atoms with Crippen LogP contribution in [0.2, 0.25) is 0 Å². The summed E-state index contributed by atoms with van der Waals surface area (Å²) in [5.41, 5.74) is 7.05. The Morgan fingerprint density at radius 2 is 1.70 bits per heavy atom. The van der Waals surface area contributed by atoms with E-state index in [2.05, 4.69) is 39.5 Å². The van der Waals surface area contributed by atoms with Gasteiger partial charge in [-0.15, -0.1) is 0 Å². The van der Waals surface area contributed by atoms with Gasteiger partial charge in [0.05, 0.1) is 0 Å². The van der Waals surface area contributed by atoms with Crippen LogP contribution in [0.15, 0.2) is 0 Å². The largest absolute Gasteiger partial charge is 0.329 e. The van der Waals surface area contributed by atoms with Crippen molar-refractivity contribution in [1.29, 1.82) is 0 Å². The zero-order valence-corrected chi connectivity index (χ0v) is 14.4. The Hall–Kier alpha value is -0.0800. The molecule has 20 heavy (non-hydrogen) atoms. The van der Waals surface area contributed by atoms with Crippen molar-refractivity contribution in [2.45, 2.75) is 84.7 Å². The third-order valence-electron chi connectivity index (χ3n) is 6.50. The average molecular weight is 280 g/mol. The molecule has 2 nitrogen and oxygen atoms in total. The highest BCUT2D eigenvalue weighted by atomic mass is 15.2. The molecule has 2 aliphatic rings. The number of piperidine rings is 1. The molecule has 1 saturated carbocycles. The number of nitrogens with two attached hydrogens (primary N) is 1. The molecular formula is C18H36N2. The van der Waals surface area contributed by atoms with E-state index in [0.717, 1.165) is 18.4 Å². The number of hydrogen-bond acceptors (Lipinski definition) is 2. The van der Waals surface area contributed by atoms with Gasteiger partial charge in [-0.2, -0.15) is 0 Å². The summed E-state index contributed by atoms with van der Waals surface area (Å²) in [6, 6.07) is 0.707. The molecular weight excluding hydrogens is 244 g/mol. The van der Waals surface area contributed by atoms with Gasteiger partial charge < -0.3 is 5.73 Å². The van der Waals surface area contributed by atoms with E-state index >= 15 is 0 Å². The lowest BCUT2D eigenvalue weighted by atomic mass is 9.66. The van der Waals surface area contributed by atoms with E-state index in [1.54, 1.807) is 0 Å². The molecule has 0 aromatic rings. The Balaban J connectivity index is 2.08. The average Bonchev–Trinajstić information content (AvgIpc) is 2.41. The highest BCUT2D eigenvalue weighted by Crippen LogP contribution is 2.45. The fourth-order valence-corrected chi connectivity index (χ4v) is 4.63. The summed E-state index contributed by atoms with van der Waals surface area (Å²) in [5.74, 6) is 1.70. The minimum atomic E-state index is 0.301. The molecule has 2 rings (SSSR count). The second kappa shape index (κ2) is 5.96. The summed E-state index contributed by atoms with van der Waals surface area (Å²) < 4.78 is 0. The molecule has 2 atom stereocenters.